The number of carbonyl (C=O) groups is 1. The van der Waals surface area contributed by atoms with Crippen molar-refractivity contribution in [3.8, 4) is 11.4 Å². The summed E-state index contributed by atoms with van der Waals surface area (Å²) in [6, 6.07) is 16.0. The monoisotopic (exact) mass is 387 g/mol. The van der Waals surface area contributed by atoms with Crippen LogP contribution in [0.2, 0.25) is 0 Å². The zero-order valence-corrected chi connectivity index (χ0v) is 14.8. The van der Waals surface area contributed by atoms with Gasteiger partial charge in [0.05, 0.1) is 6.04 Å². The van der Waals surface area contributed by atoms with Gasteiger partial charge in [0.2, 0.25) is 5.82 Å². The van der Waals surface area contributed by atoms with Gasteiger partial charge in [-0.1, -0.05) is 54.5 Å². The third-order valence-electron chi connectivity index (χ3n) is 4.82. The van der Waals surface area contributed by atoms with Crippen LogP contribution in [0.4, 0.5) is 13.2 Å². The van der Waals surface area contributed by atoms with Crippen molar-refractivity contribution < 1.29 is 22.5 Å². The molecule has 2 atom stereocenters. The fourth-order valence-corrected chi connectivity index (χ4v) is 3.44. The maximum Gasteiger partial charge on any atom is 0.471 e. The fourth-order valence-electron chi connectivity index (χ4n) is 3.44. The average Bonchev–Trinajstić information content (AvgIpc) is 3.17. The van der Waals surface area contributed by atoms with E-state index in [0.29, 0.717) is 23.6 Å². The van der Waals surface area contributed by atoms with Gasteiger partial charge in [-0.3, -0.25) is 4.79 Å². The van der Waals surface area contributed by atoms with Crippen LogP contribution in [0.15, 0.2) is 59.1 Å². The number of rotatable bonds is 3. The summed E-state index contributed by atoms with van der Waals surface area (Å²) in [5, 5.41) is 3.35. The minimum Gasteiger partial charge on any atom is -0.331 e. The van der Waals surface area contributed by atoms with Gasteiger partial charge in [0.15, 0.2) is 0 Å². The van der Waals surface area contributed by atoms with Crippen molar-refractivity contribution in [1.82, 2.24) is 15.0 Å². The molecule has 1 aliphatic heterocycles. The molecule has 0 N–H and O–H groups in total. The number of benzene rings is 2. The molecule has 0 bridgehead atoms. The maximum atomic E-state index is 12.9. The van der Waals surface area contributed by atoms with Crippen LogP contribution in [0.3, 0.4) is 0 Å². The summed E-state index contributed by atoms with van der Waals surface area (Å²) < 4.78 is 42.0. The standard InChI is InChI=1S/C20H16F3N3O2/c1-12-11-26(16(12)13-5-3-2-4-6-13)18(27)15-9-7-14(8-10-15)17-24-19(28-25-17)20(21,22)23/h2-10,12,16H,11H2,1H3. The van der Waals surface area contributed by atoms with E-state index in [4.69, 9.17) is 0 Å². The summed E-state index contributed by atoms with van der Waals surface area (Å²) in [5.74, 6) is -1.35. The Labute approximate surface area is 158 Å². The Hall–Kier alpha value is -3.16. The summed E-state index contributed by atoms with van der Waals surface area (Å²) in [7, 11) is 0. The van der Waals surface area contributed by atoms with E-state index < -0.39 is 12.1 Å². The molecule has 4 rings (SSSR count). The molecule has 0 saturated carbocycles. The van der Waals surface area contributed by atoms with E-state index in [0.717, 1.165) is 5.56 Å². The molecule has 2 unspecified atom stereocenters. The number of alkyl halides is 3. The van der Waals surface area contributed by atoms with Gasteiger partial charge in [-0.25, -0.2) is 0 Å². The number of halogens is 3. The molecular weight excluding hydrogens is 371 g/mol. The Morgan fingerprint density at radius 2 is 1.79 bits per heavy atom. The molecule has 2 heterocycles. The minimum absolute atomic E-state index is 0.0138. The van der Waals surface area contributed by atoms with Gasteiger partial charge >= 0.3 is 12.1 Å². The summed E-state index contributed by atoms with van der Waals surface area (Å²) >= 11 is 0. The molecule has 8 heteroatoms. The Bertz CT molecular complexity index is 984. The van der Waals surface area contributed by atoms with Crippen molar-refractivity contribution in [3.63, 3.8) is 0 Å². The quantitative estimate of drug-likeness (QED) is 0.660. The van der Waals surface area contributed by atoms with E-state index in [1.54, 1.807) is 17.0 Å². The smallest absolute Gasteiger partial charge is 0.331 e. The van der Waals surface area contributed by atoms with Crippen LogP contribution in [0, 0.1) is 5.92 Å². The van der Waals surface area contributed by atoms with E-state index in [2.05, 4.69) is 21.6 Å². The summed E-state index contributed by atoms with van der Waals surface area (Å²) in [4.78, 5) is 18.0. The highest BCUT2D eigenvalue weighted by molar-refractivity contribution is 5.95. The molecule has 1 saturated heterocycles. The second-order valence-corrected chi connectivity index (χ2v) is 6.79. The number of amides is 1. The summed E-state index contributed by atoms with van der Waals surface area (Å²) in [6.45, 7) is 2.75. The third kappa shape index (κ3) is 3.26. The Morgan fingerprint density at radius 3 is 2.36 bits per heavy atom. The lowest BCUT2D eigenvalue weighted by Crippen LogP contribution is -2.51. The van der Waals surface area contributed by atoms with Gasteiger partial charge in [-0.05, 0) is 23.6 Å². The van der Waals surface area contributed by atoms with Gasteiger partial charge < -0.3 is 9.42 Å². The number of aromatic nitrogens is 2. The maximum absolute atomic E-state index is 12.9. The highest BCUT2D eigenvalue weighted by Gasteiger charge is 2.40. The van der Waals surface area contributed by atoms with Gasteiger partial charge in [-0.15, -0.1) is 0 Å². The van der Waals surface area contributed by atoms with Crippen LogP contribution in [0.1, 0.15) is 34.8 Å². The number of likely N-dealkylation sites (tertiary alicyclic amines) is 1. The Balaban J connectivity index is 1.52. The van der Waals surface area contributed by atoms with E-state index in [1.807, 2.05) is 30.3 Å². The molecule has 0 radical (unpaired) electrons. The highest BCUT2D eigenvalue weighted by atomic mass is 19.4. The molecule has 1 aliphatic rings. The first-order valence-corrected chi connectivity index (χ1v) is 8.72. The van der Waals surface area contributed by atoms with Crippen LogP contribution in [0.5, 0.6) is 0 Å². The predicted molar refractivity (Wildman–Crippen MR) is 94.1 cm³/mol. The second kappa shape index (κ2) is 6.78. The van der Waals surface area contributed by atoms with Gasteiger partial charge in [-0.2, -0.15) is 18.2 Å². The predicted octanol–water partition coefficient (Wildman–Crippen LogP) is 4.59. The number of nitrogens with zero attached hydrogens (tertiary/aromatic N) is 3. The summed E-state index contributed by atoms with van der Waals surface area (Å²) in [6.07, 6.45) is -4.69. The zero-order valence-electron chi connectivity index (χ0n) is 14.8. The van der Waals surface area contributed by atoms with Crippen LogP contribution < -0.4 is 0 Å². The summed E-state index contributed by atoms with van der Waals surface area (Å²) in [5.41, 5.74) is 1.88. The first-order chi connectivity index (χ1) is 13.3. The van der Waals surface area contributed by atoms with E-state index in [1.165, 1.54) is 12.1 Å². The second-order valence-electron chi connectivity index (χ2n) is 6.79. The number of hydrogen-bond acceptors (Lipinski definition) is 4. The van der Waals surface area contributed by atoms with Crippen molar-refractivity contribution >= 4 is 5.91 Å². The molecule has 3 aromatic rings. The third-order valence-corrected chi connectivity index (χ3v) is 4.82. The SMILES string of the molecule is CC1CN(C(=O)c2ccc(-c3noc(C(F)(F)F)n3)cc2)C1c1ccccc1. The lowest BCUT2D eigenvalue weighted by Gasteiger charge is -2.47. The molecule has 0 spiro atoms. The van der Waals surface area contributed by atoms with Crippen molar-refractivity contribution in [2.75, 3.05) is 6.54 Å². The van der Waals surface area contributed by atoms with Crippen LogP contribution in [-0.4, -0.2) is 27.5 Å². The van der Waals surface area contributed by atoms with Crippen molar-refractivity contribution in [2.45, 2.75) is 19.1 Å². The minimum atomic E-state index is -4.69. The van der Waals surface area contributed by atoms with Crippen molar-refractivity contribution in [2.24, 2.45) is 5.92 Å². The molecule has 5 nitrogen and oxygen atoms in total. The van der Waals surface area contributed by atoms with Crippen LogP contribution >= 0.6 is 0 Å². The highest BCUT2D eigenvalue weighted by Crippen LogP contribution is 2.39. The van der Waals surface area contributed by atoms with E-state index >= 15 is 0 Å². The van der Waals surface area contributed by atoms with Crippen LogP contribution in [0.25, 0.3) is 11.4 Å². The van der Waals surface area contributed by atoms with Gasteiger partial charge in [0.25, 0.3) is 5.91 Å². The lowest BCUT2D eigenvalue weighted by molar-refractivity contribution is -0.159. The first-order valence-electron chi connectivity index (χ1n) is 8.72. The molecule has 0 aliphatic carbocycles. The van der Waals surface area contributed by atoms with Gasteiger partial charge in [0.1, 0.15) is 0 Å². The Kier molecular flexibility index (Phi) is 4.41. The number of carbonyl (C=O) groups excluding carboxylic acids is 1. The zero-order chi connectivity index (χ0) is 19.9. The normalized spacial score (nSPS) is 19.4. The largest absolute Gasteiger partial charge is 0.471 e. The topological polar surface area (TPSA) is 59.2 Å². The molecule has 144 valence electrons. The fraction of sp³-hybridized carbons (Fsp3) is 0.250. The molecule has 2 aromatic carbocycles. The Morgan fingerprint density at radius 1 is 1.11 bits per heavy atom. The first kappa shape index (κ1) is 18.2. The molecule has 1 aromatic heterocycles. The lowest BCUT2D eigenvalue weighted by atomic mass is 9.84. The molecule has 1 amide bonds. The average molecular weight is 387 g/mol. The van der Waals surface area contributed by atoms with E-state index in [9.17, 15) is 18.0 Å². The van der Waals surface area contributed by atoms with Crippen molar-refractivity contribution in [3.05, 3.63) is 71.6 Å². The van der Waals surface area contributed by atoms with Gasteiger partial charge in [0, 0.05) is 17.7 Å². The van der Waals surface area contributed by atoms with Crippen molar-refractivity contribution in [1.29, 1.82) is 0 Å². The molecule has 28 heavy (non-hydrogen) atoms. The number of hydrogen-bond donors (Lipinski definition) is 0. The van der Waals surface area contributed by atoms with E-state index in [-0.39, 0.29) is 17.8 Å². The molecule has 1 fully saturated rings. The molecular formula is C20H16F3N3O2. The van der Waals surface area contributed by atoms with Crippen LogP contribution in [-0.2, 0) is 6.18 Å².